The van der Waals surface area contributed by atoms with Gasteiger partial charge in [0, 0.05) is 5.39 Å². The normalized spacial score (nSPS) is 11.8. The number of carbonyl (C=O) groups is 2. The van der Waals surface area contributed by atoms with Crippen molar-refractivity contribution >= 4 is 22.8 Å². The highest BCUT2D eigenvalue weighted by Gasteiger charge is 2.18. The molecule has 1 N–H and O–H groups in total. The van der Waals surface area contributed by atoms with Gasteiger partial charge in [-0.2, -0.15) is 0 Å². The number of nitrogens with one attached hydrogen (secondary N) is 1. The third-order valence-corrected chi connectivity index (χ3v) is 4.42. The van der Waals surface area contributed by atoms with Crippen LogP contribution in [0.2, 0.25) is 0 Å². The van der Waals surface area contributed by atoms with Crippen LogP contribution >= 0.6 is 0 Å². The maximum Gasteiger partial charge on any atom is 0.351 e. The van der Waals surface area contributed by atoms with Crippen molar-refractivity contribution in [1.29, 1.82) is 0 Å². The zero-order chi connectivity index (χ0) is 20.1. The molecule has 6 nitrogen and oxygen atoms in total. The summed E-state index contributed by atoms with van der Waals surface area (Å²) in [5.74, 6) is -1.33. The Morgan fingerprint density at radius 1 is 1.11 bits per heavy atom. The van der Waals surface area contributed by atoms with Gasteiger partial charge in [-0.25, -0.2) is 9.59 Å². The van der Waals surface area contributed by atoms with E-state index in [1.807, 2.05) is 38.1 Å². The minimum absolute atomic E-state index is 0.183. The maximum absolute atomic E-state index is 12.2. The number of rotatable bonds is 6. The van der Waals surface area contributed by atoms with Gasteiger partial charge in [0.15, 0.2) is 6.61 Å². The summed E-state index contributed by atoms with van der Waals surface area (Å²) in [5, 5.41) is 3.44. The van der Waals surface area contributed by atoms with Crippen LogP contribution in [-0.4, -0.2) is 18.5 Å². The first-order valence-corrected chi connectivity index (χ1v) is 9.04. The average molecular weight is 379 g/mol. The second kappa shape index (κ2) is 8.52. The van der Waals surface area contributed by atoms with E-state index in [1.54, 1.807) is 24.3 Å². The third-order valence-electron chi connectivity index (χ3n) is 4.42. The first-order chi connectivity index (χ1) is 13.5. The summed E-state index contributed by atoms with van der Waals surface area (Å²) < 4.78 is 10.1. The molecule has 1 amide bonds. The van der Waals surface area contributed by atoms with Crippen LogP contribution in [0.3, 0.4) is 0 Å². The average Bonchev–Trinajstić information content (AvgIpc) is 2.70. The van der Waals surface area contributed by atoms with Gasteiger partial charge in [0.2, 0.25) is 0 Å². The molecule has 0 saturated heterocycles. The second-order valence-electron chi connectivity index (χ2n) is 6.50. The van der Waals surface area contributed by atoms with E-state index in [0.29, 0.717) is 17.4 Å². The quantitative estimate of drug-likeness (QED) is 0.523. The van der Waals surface area contributed by atoms with E-state index >= 15 is 0 Å². The van der Waals surface area contributed by atoms with Gasteiger partial charge < -0.3 is 14.5 Å². The van der Waals surface area contributed by atoms with Gasteiger partial charge in [-0.1, -0.05) is 55.0 Å². The molecule has 0 spiro atoms. The monoisotopic (exact) mass is 379 g/mol. The topological polar surface area (TPSA) is 85.6 Å². The van der Waals surface area contributed by atoms with Gasteiger partial charge in [0.05, 0.1) is 6.04 Å². The summed E-state index contributed by atoms with van der Waals surface area (Å²) in [5.41, 5.74) is 1.45. The number of hydrogen-bond acceptors (Lipinski definition) is 5. The lowest BCUT2D eigenvalue weighted by atomic mass is 10.0. The molecule has 0 aliphatic carbocycles. The molecule has 0 bridgehead atoms. The molecule has 0 unspecified atom stereocenters. The molecule has 0 aliphatic heterocycles. The molecule has 0 radical (unpaired) electrons. The standard InChI is InChI=1S/C22H21NO5/c1-3-18(15-10-8-14(2)9-11-15)23-20(24)13-27-21(25)17-12-16-6-4-5-7-19(16)28-22(17)26/h4-12,18H,3,13H2,1-2H3,(H,23,24)/t18-/m1/s1. The van der Waals surface area contributed by atoms with Crippen LogP contribution in [0, 0.1) is 6.92 Å². The van der Waals surface area contributed by atoms with Crippen LogP contribution in [0.15, 0.2) is 63.8 Å². The number of fused-ring (bicyclic) bond motifs is 1. The van der Waals surface area contributed by atoms with Crippen molar-refractivity contribution in [3.63, 3.8) is 0 Å². The van der Waals surface area contributed by atoms with Crippen molar-refractivity contribution in [2.45, 2.75) is 26.3 Å². The number of ether oxygens (including phenoxy) is 1. The lowest BCUT2D eigenvalue weighted by Gasteiger charge is -2.17. The smallest absolute Gasteiger partial charge is 0.351 e. The SMILES string of the molecule is CC[C@@H](NC(=O)COC(=O)c1cc2ccccc2oc1=O)c1ccc(C)cc1. The van der Waals surface area contributed by atoms with E-state index < -0.39 is 24.1 Å². The predicted octanol–water partition coefficient (Wildman–Crippen LogP) is 3.53. The van der Waals surface area contributed by atoms with Crippen molar-refractivity contribution in [3.8, 4) is 0 Å². The predicted molar refractivity (Wildman–Crippen MR) is 105 cm³/mol. The molecular formula is C22H21NO5. The van der Waals surface area contributed by atoms with E-state index in [0.717, 1.165) is 11.1 Å². The van der Waals surface area contributed by atoms with Crippen LogP contribution in [-0.2, 0) is 9.53 Å². The van der Waals surface area contributed by atoms with Crippen molar-refractivity contribution in [2.75, 3.05) is 6.61 Å². The summed E-state index contributed by atoms with van der Waals surface area (Å²) in [6.07, 6.45) is 0.691. The molecule has 1 atom stereocenters. The highest BCUT2D eigenvalue weighted by Crippen LogP contribution is 2.17. The van der Waals surface area contributed by atoms with Gasteiger partial charge in [-0.05, 0) is 31.0 Å². The lowest BCUT2D eigenvalue weighted by Crippen LogP contribution is -2.32. The fraction of sp³-hybridized carbons (Fsp3) is 0.227. The van der Waals surface area contributed by atoms with Gasteiger partial charge in [-0.15, -0.1) is 0 Å². The molecule has 1 aromatic heterocycles. The Morgan fingerprint density at radius 3 is 2.54 bits per heavy atom. The Bertz CT molecular complexity index is 1050. The number of aryl methyl sites for hydroxylation is 1. The van der Waals surface area contributed by atoms with Crippen molar-refractivity contribution in [1.82, 2.24) is 5.32 Å². The van der Waals surface area contributed by atoms with Crippen LogP contribution in [0.4, 0.5) is 0 Å². The highest BCUT2D eigenvalue weighted by atomic mass is 16.5. The number of carbonyl (C=O) groups excluding carboxylic acids is 2. The number of amides is 1. The number of benzene rings is 2. The minimum atomic E-state index is -0.891. The van der Waals surface area contributed by atoms with Gasteiger partial charge >= 0.3 is 11.6 Å². The fourth-order valence-corrected chi connectivity index (χ4v) is 2.87. The maximum atomic E-state index is 12.2. The van der Waals surface area contributed by atoms with E-state index in [9.17, 15) is 14.4 Å². The molecule has 6 heteroatoms. The van der Waals surface area contributed by atoms with Gasteiger partial charge in [0.1, 0.15) is 11.1 Å². The molecule has 0 fully saturated rings. The first kappa shape index (κ1) is 19.4. The first-order valence-electron chi connectivity index (χ1n) is 9.04. The van der Waals surface area contributed by atoms with Crippen LogP contribution in [0.1, 0.15) is 40.9 Å². The van der Waals surface area contributed by atoms with Crippen molar-refractivity contribution in [2.24, 2.45) is 0 Å². The Kier molecular flexibility index (Phi) is 5.89. The van der Waals surface area contributed by atoms with E-state index in [1.165, 1.54) is 6.07 Å². The number of hydrogen-bond donors (Lipinski definition) is 1. The summed E-state index contributed by atoms with van der Waals surface area (Å²) in [7, 11) is 0. The zero-order valence-corrected chi connectivity index (χ0v) is 15.7. The number of esters is 1. The second-order valence-corrected chi connectivity index (χ2v) is 6.50. The van der Waals surface area contributed by atoms with Gasteiger partial charge in [-0.3, -0.25) is 4.79 Å². The Labute approximate surface area is 162 Å². The molecule has 3 aromatic rings. The van der Waals surface area contributed by atoms with Crippen molar-refractivity contribution < 1.29 is 18.7 Å². The molecule has 3 rings (SSSR count). The molecule has 0 saturated carbocycles. The van der Waals surface area contributed by atoms with Crippen LogP contribution in [0.5, 0.6) is 0 Å². The molecule has 1 heterocycles. The van der Waals surface area contributed by atoms with E-state index in [2.05, 4.69) is 5.32 Å². The lowest BCUT2D eigenvalue weighted by molar-refractivity contribution is -0.125. The van der Waals surface area contributed by atoms with Crippen molar-refractivity contribution in [3.05, 3.63) is 81.7 Å². The Balaban J connectivity index is 1.64. The summed E-state index contributed by atoms with van der Waals surface area (Å²) >= 11 is 0. The number of para-hydroxylation sites is 1. The minimum Gasteiger partial charge on any atom is -0.452 e. The van der Waals surface area contributed by atoms with Crippen LogP contribution in [0.25, 0.3) is 11.0 Å². The highest BCUT2D eigenvalue weighted by molar-refractivity contribution is 5.94. The molecule has 28 heavy (non-hydrogen) atoms. The largest absolute Gasteiger partial charge is 0.452 e. The zero-order valence-electron chi connectivity index (χ0n) is 15.7. The summed E-state index contributed by atoms with van der Waals surface area (Å²) in [6.45, 7) is 3.47. The third kappa shape index (κ3) is 4.46. The van der Waals surface area contributed by atoms with E-state index in [4.69, 9.17) is 9.15 Å². The molecular weight excluding hydrogens is 358 g/mol. The van der Waals surface area contributed by atoms with Crippen LogP contribution < -0.4 is 10.9 Å². The molecule has 144 valence electrons. The fourth-order valence-electron chi connectivity index (χ4n) is 2.87. The summed E-state index contributed by atoms with van der Waals surface area (Å²) in [4.78, 5) is 36.4. The Morgan fingerprint density at radius 2 is 1.82 bits per heavy atom. The summed E-state index contributed by atoms with van der Waals surface area (Å²) in [6, 6.07) is 15.9. The molecule has 2 aromatic carbocycles. The molecule has 0 aliphatic rings. The Hall–Kier alpha value is -3.41. The van der Waals surface area contributed by atoms with Gasteiger partial charge in [0.25, 0.3) is 5.91 Å². The van der Waals surface area contributed by atoms with E-state index in [-0.39, 0.29) is 11.6 Å².